The standard InChI is InChI=1S/C24H25F4N3O4S/c1-2-36(34,35)30-14-18-9-10-31(15-18)23(33)20-8-5-17(11-21(20)25)12-22(32)29-13-16-3-6-19(7-4-16)24(26,27)28/h2-8,11,18,30H,1,9-10,12-15H2,(H,29,32). The van der Waals surface area contributed by atoms with Gasteiger partial charge in [-0.1, -0.05) is 24.8 Å². The molecule has 0 bridgehead atoms. The average molecular weight is 528 g/mol. The highest BCUT2D eigenvalue weighted by Gasteiger charge is 2.30. The van der Waals surface area contributed by atoms with Crippen molar-refractivity contribution in [1.82, 2.24) is 14.9 Å². The molecule has 1 unspecified atom stereocenters. The van der Waals surface area contributed by atoms with Crippen LogP contribution in [0.15, 0.2) is 54.5 Å². The number of nitrogens with one attached hydrogen (secondary N) is 2. The predicted molar refractivity (Wildman–Crippen MR) is 125 cm³/mol. The molecular formula is C24H25F4N3O4S. The van der Waals surface area contributed by atoms with Crippen molar-refractivity contribution in [2.45, 2.75) is 25.6 Å². The molecule has 0 radical (unpaired) electrons. The van der Waals surface area contributed by atoms with Gasteiger partial charge in [0.1, 0.15) is 5.82 Å². The Morgan fingerprint density at radius 2 is 1.78 bits per heavy atom. The number of alkyl halides is 3. The second-order valence-electron chi connectivity index (χ2n) is 8.43. The van der Waals surface area contributed by atoms with E-state index in [9.17, 15) is 35.6 Å². The van der Waals surface area contributed by atoms with Gasteiger partial charge in [-0.05, 0) is 47.7 Å². The van der Waals surface area contributed by atoms with E-state index in [4.69, 9.17) is 0 Å². The molecular weight excluding hydrogens is 502 g/mol. The maximum absolute atomic E-state index is 14.7. The van der Waals surface area contributed by atoms with E-state index >= 15 is 0 Å². The fourth-order valence-corrected chi connectivity index (χ4v) is 4.33. The molecule has 0 spiro atoms. The minimum absolute atomic E-state index is 0.00903. The van der Waals surface area contributed by atoms with Crippen LogP contribution in [0.25, 0.3) is 0 Å². The molecule has 1 saturated heterocycles. The first kappa shape index (κ1) is 27.3. The number of hydrogen-bond acceptors (Lipinski definition) is 4. The van der Waals surface area contributed by atoms with E-state index in [1.165, 1.54) is 29.2 Å². The Bertz CT molecular complexity index is 1230. The van der Waals surface area contributed by atoms with Crippen molar-refractivity contribution >= 4 is 21.8 Å². The molecule has 194 valence electrons. The number of hydrogen-bond donors (Lipinski definition) is 2. The molecule has 1 aliphatic rings. The van der Waals surface area contributed by atoms with E-state index in [-0.39, 0.29) is 37.5 Å². The average Bonchev–Trinajstić information content (AvgIpc) is 3.30. The van der Waals surface area contributed by atoms with Gasteiger partial charge in [0.05, 0.1) is 17.5 Å². The minimum atomic E-state index is -4.44. The van der Waals surface area contributed by atoms with Gasteiger partial charge in [-0.25, -0.2) is 17.5 Å². The van der Waals surface area contributed by atoms with Crippen molar-refractivity contribution in [1.29, 1.82) is 0 Å². The Labute approximate surface area is 206 Å². The normalized spacial score (nSPS) is 16.1. The highest BCUT2D eigenvalue weighted by atomic mass is 32.2. The molecule has 12 heteroatoms. The predicted octanol–water partition coefficient (Wildman–Crippen LogP) is 3.23. The SMILES string of the molecule is C=CS(=O)(=O)NCC1CCN(C(=O)c2ccc(CC(=O)NCc3ccc(C(F)(F)F)cc3)cc2F)C1. The molecule has 0 aliphatic carbocycles. The molecule has 1 aliphatic heterocycles. The fourth-order valence-electron chi connectivity index (χ4n) is 3.75. The molecule has 0 saturated carbocycles. The smallest absolute Gasteiger partial charge is 0.352 e. The van der Waals surface area contributed by atoms with Crippen LogP contribution in [0, 0.1) is 11.7 Å². The number of amides is 2. The molecule has 2 aromatic carbocycles. The van der Waals surface area contributed by atoms with Crippen molar-refractivity contribution in [2.24, 2.45) is 5.92 Å². The first-order valence-corrected chi connectivity index (χ1v) is 12.5. The van der Waals surface area contributed by atoms with Gasteiger partial charge in [-0.3, -0.25) is 9.59 Å². The maximum atomic E-state index is 14.7. The summed E-state index contributed by atoms with van der Waals surface area (Å²) >= 11 is 0. The fraction of sp³-hybridized carbons (Fsp3) is 0.333. The van der Waals surface area contributed by atoms with Crippen LogP contribution in [0.5, 0.6) is 0 Å². The molecule has 1 atom stereocenters. The van der Waals surface area contributed by atoms with Gasteiger partial charge in [0.15, 0.2) is 0 Å². The molecule has 2 N–H and O–H groups in total. The third-order valence-corrected chi connectivity index (χ3v) is 6.77. The van der Waals surface area contributed by atoms with Gasteiger partial charge in [0, 0.05) is 31.6 Å². The van der Waals surface area contributed by atoms with Crippen LogP contribution in [0.3, 0.4) is 0 Å². The third kappa shape index (κ3) is 7.37. The van der Waals surface area contributed by atoms with E-state index in [2.05, 4.69) is 16.6 Å². The van der Waals surface area contributed by atoms with Gasteiger partial charge < -0.3 is 10.2 Å². The summed E-state index contributed by atoms with van der Waals surface area (Å²) in [6, 6.07) is 8.23. The zero-order valence-corrected chi connectivity index (χ0v) is 20.0. The van der Waals surface area contributed by atoms with Gasteiger partial charge in [-0.2, -0.15) is 13.2 Å². The number of carbonyl (C=O) groups is 2. The number of halogens is 4. The number of rotatable bonds is 9. The molecule has 2 aromatic rings. The summed E-state index contributed by atoms with van der Waals surface area (Å²) in [6.45, 7) is 3.99. The first-order chi connectivity index (χ1) is 16.9. The summed E-state index contributed by atoms with van der Waals surface area (Å²) in [4.78, 5) is 26.4. The van der Waals surface area contributed by atoms with Gasteiger partial charge in [-0.15, -0.1) is 0 Å². The maximum Gasteiger partial charge on any atom is 0.416 e. The molecule has 7 nitrogen and oxygen atoms in total. The lowest BCUT2D eigenvalue weighted by atomic mass is 10.1. The Morgan fingerprint density at radius 1 is 1.11 bits per heavy atom. The summed E-state index contributed by atoms with van der Waals surface area (Å²) in [5.74, 6) is -1.89. The largest absolute Gasteiger partial charge is 0.416 e. The lowest BCUT2D eigenvalue weighted by molar-refractivity contribution is -0.137. The van der Waals surface area contributed by atoms with E-state index < -0.39 is 39.4 Å². The highest BCUT2D eigenvalue weighted by molar-refractivity contribution is 7.92. The lowest BCUT2D eigenvalue weighted by Gasteiger charge is -2.17. The van der Waals surface area contributed by atoms with Gasteiger partial charge in [0.25, 0.3) is 5.91 Å². The summed E-state index contributed by atoms with van der Waals surface area (Å²) < 4.78 is 77.9. The molecule has 36 heavy (non-hydrogen) atoms. The zero-order valence-electron chi connectivity index (χ0n) is 19.1. The quantitative estimate of drug-likeness (QED) is 0.490. The molecule has 2 amide bonds. The Kier molecular flexibility index (Phi) is 8.51. The molecule has 1 fully saturated rings. The van der Waals surface area contributed by atoms with Crippen molar-refractivity contribution in [3.05, 3.63) is 82.5 Å². The second-order valence-corrected chi connectivity index (χ2v) is 10.1. The number of nitrogens with zero attached hydrogens (tertiary/aromatic N) is 1. The van der Waals surface area contributed by atoms with Crippen LogP contribution in [0.4, 0.5) is 17.6 Å². The van der Waals surface area contributed by atoms with Crippen molar-refractivity contribution in [3.63, 3.8) is 0 Å². The number of benzene rings is 2. The van der Waals surface area contributed by atoms with Crippen molar-refractivity contribution in [3.8, 4) is 0 Å². The van der Waals surface area contributed by atoms with Crippen molar-refractivity contribution in [2.75, 3.05) is 19.6 Å². The number of likely N-dealkylation sites (tertiary alicyclic amines) is 1. The Hall–Kier alpha value is -3.25. The highest BCUT2D eigenvalue weighted by Crippen LogP contribution is 2.29. The molecule has 0 aromatic heterocycles. The van der Waals surface area contributed by atoms with E-state index in [0.29, 0.717) is 24.1 Å². The van der Waals surface area contributed by atoms with E-state index in [1.807, 2.05) is 0 Å². The van der Waals surface area contributed by atoms with Gasteiger partial charge in [0.2, 0.25) is 15.9 Å². The summed E-state index contributed by atoms with van der Waals surface area (Å²) in [7, 11) is -3.57. The summed E-state index contributed by atoms with van der Waals surface area (Å²) in [5, 5.41) is 3.37. The zero-order chi connectivity index (χ0) is 26.5. The molecule has 3 rings (SSSR count). The Morgan fingerprint density at radius 3 is 2.39 bits per heavy atom. The Balaban J connectivity index is 1.52. The monoisotopic (exact) mass is 527 g/mol. The van der Waals surface area contributed by atoms with Crippen LogP contribution in [0.2, 0.25) is 0 Å². The van der Waals surface area contributed by atoms with Gasteiger partial charge >= 0.3 is 6.18 Å². The topological polar surface area (TPSA) is 95.6 Å². The van der Waals surface area contributed by atoms with Crippen molar-refractivity contribution < 1.29 is 35.6 Å². The number of sulfonamides is 1. The molecule has 1 heterocycles. The lowest BCUT2D eigenvalue weighted by Crippen LogP contribution is -2.32. The summed E-state index contributed by atoms with van der Waals surface area (Å²) in [6.07, 6.45) is -4.06. The second kappa shape index (κ2) is 11.2. The number of carbonyl (C=O) groups excluding carboxylic acids is 2. The van der Waals surface area contributed by atoms with Crippen LogP contribution in [-0.4, -0.2) is 44.8 Å². The van der Waals surface area contributed by atoms with E-state index in [1.54, 1.807) is 0 Å². The summed E-state index contributed by atoms with van der Waals surface area (Å²) in [5.41, 5.74) is -0.141. The van der Waals surface area contributed by atoms with Crippen LogP contribution < -0.4 is 10.0 Å². The van der Waals surface area contributed by atoms with Crippen LogP contribution in [-0.2, 0) is 34.0 Å². The van der Waals surface area contributed by atoms with Crippen LogP contribution in [0.1, 0.15) is 33.5 Å². The van der Waals surface area contributed by atoms with Crippen LogP contribution >= 0.6 is 0 Å². The minimum Gasteiger partial charge on any atom is -0.352 e. The third-order valence-electron chi connectivity index (χ3n) is 5.77. The first-order valence-electron chi connectivity index (χ1n) is 11.0. The van der Waals surface area contributed by atoms with E-state index in [0.717, 1.165) is 23.6 Å².